The summed E-state index contributed by atoms with van der Waals surface area (Å²) in [5.41, 5.74) is 1.20. The van der Waals surface area contributed by atoms with Crippen molar-refractivity contribution in [1.29, 1.82) is 0 Å². The fraction of sp³-hybridized carbons (Fsp3) is 0. The molecule has 0 fully saturated rings. The minimum Gasteiger partial charge on any atom is -0.225 e. The van der Waals surface area contributed by atoms with E-state index in [1.807, 2.05) is 0 Å². The second-order valence-electron chi connectivity index (χ2n) is 3.01. The van der Waals surface area contributed by atoms with Crippen LogP contribution in [0.15, 0.2) is 36.5 Å². The second-order valence-corrected chi connectivity index (χ2v) is 3.44. The molecule has 1 aromatic heterocycles. The van der Waals surface area contributed by atoms with Crippen molar-refractivity contribution in [3.05, 3.63) is 53.3 Å². The summed E-state index contributed by atoms with van der Waals surface area (Å²) in [6, 6.07) is 7.95. The summed E-state index contributed by atoms with van der Waals surface area (Å²) >= 11 is 5.78. The number of halogens is 3. The molecular weight excluding hydrogens is 220 g/mol. The van der Waals surface area contributed by atoms with Gasteiger partial charge < -0.3 is 0 Å². The summed E-state index contributed by atoms with van der Waals surface area (Å²) in [5, 5.41) is 0.539. The second kappa shape index (κ2) is 3.95. The van der Waals surface area contributed by atoms with Gasteiger partial charge in [-0.25, -0.2) is 9.37 Å². The maximum atomic E-state index is 12.9. The molecule has 0 saturated heterocycles. The van der Waals surface area contributed by atoms with Gasteiger partial charge in [-0.2, -0.15) is 4.39 Å². The smallest absolute Gasteiger partial charge is 0.225 e. The molecule has 0 spiro atoms. The lowest BCUT2D eigenvalue weighted by Gasteiger charge is -2.01. The molecule has 0 aliphatic rings. The van der Waals surface area contributed by atoms with Crippen LogP contribution in [-0.4, -0.2) is 4.98 Å². The third kappa shape index (κ3) is 2.13. The van der Waals surface area contributed by atoms with Gasteiger partial charge in [0.25, 0.3) is 0 Å². The standard InChI is InChI=1S/C11H6ClF2N/c12-9-3-1-2-7(4-9)8-5-10(13)11(14)15-6-8/h1-6H. The van der Waals surface area contributed by atoms with Crippen LogP contribution in [0.4, 0.5) is 8.78 Å². The average molecular weight is 226 g/mol. The molecule has 15 heavy (non-hydrogen) atoms. The van der Waals surface area contributed by atoms with Gasteiger partial charge in [0, 0.05) is 16.8 Å². The van der Waals surface area contributed by atoms with Gasteiger partial charge in [-0.1, -0.05) is 23.7 Å². The van der Waals surface area contributed by atoms with Crippen molar-refractivity contribution in [2.24, 2.45) is 0 Å². The van der Waals surface area contributed by atoms with E-state index < -0.39 is 11.8 Å². The predicted molar refractivity (Wildman–Crippen MR) is 54.6 cm³/mol. The van der Waals surface area contributed by atoms with E-state index in [1.165, 1.54) is 6.20 Å². The van der Waals surface area contributed by atoms with Crippen molar-refractivity contribution in [3.8, 4) is 11.1 Å². The highest BCUT2D eigenvalue weighted by atomic mass is 35.5. The lowest BCUT2D eigenvalue weighted by atomic mass is 10.1. The molecule has 1 nitrogen and oxygen atoms in total. The molecule has 0 N–H and O–H groups in total. The highest BCUT2D eigenvalue weighted by Gasteiger charge is 2.05. The first-order valence-electron chi connectivity index (χ1n) is 4.24. The van der Waals surface area contributed by atoms with E-state index >= 15 is 0 Å². The summed E-state index contributed by atoms with van der Waals surface area (Å²) in [7, 11) is 0. The molecule has 2 aromatic rings. The van der Waals surface area contributed by atoms with Crippen LogP contribution >= 0.6 is 11.6 Å². The van der Waals surface area contributed by atoms with Crippen molar-refractivity contribution < 1.29 is 8.78 Å². The van der Waals surface area contributed by atoms with Crippen LogP contribution in [0.3, 0.4) is 0 Å². The van der Waals surface area contributed by atoms with Crippen molar-refractivity contribution in [2.45, 2.75) is 0 Å². The molecule has 1 aromatic carbocycles. The number of nitrogens with zero attached hydrogens (tertiary/aromatic N) is 1. The molecule has 0 atom stereocenters. The molecule has 0 unspecified atom stereocenters. The molecular formula is C11H6ClF2N. The van der Waals surface area contributed by atoms with Gasteiger partial charge in [-0.15, -0.1) is 0 Å². The summed E-state index contributed by atoms with van der Waals surface area (Å²) in [6.45, 7) is 0. The molecule has 0 amide bonds. The number of hydrogen-bond acceptors (Lipinski definition) is 1. The molecule has 76 valence electrons. The zero-order valence-corrected chi connectivity index (χ0v) is 8.30. The van der Waals surface area contributed by atoms with Crippen LogP contribution in [0.25, 0.3) is 11.1 Å². The summed E-state index contributed by atoms with van der Waals surface area (Å²) in [6.07, 6.45) is 1.27. The fourth-order valence-corrected chi connectivity index (χ4v) is 1.44. The summed E-state index contributed by atoms with van der Waals surface area (Å²) < 4.78 is 25.5. The minimum atomic E-state index is -1.10. The minimum absolute atomic E-state index is 0.497. The molecule has 0 bridgehead atoms. The maximum absolute atomic E-state index is 12.9. The van der Waals surface area contributed by atoms with Crippen LogP contribution in [-0.2, 0) is 0 Å². The Bertz CT molecular complexity index is 500. The van der Waals surface area contributed by atoms with E-state index in [0.717, 1.165) is 6.07 Å². The predicted octanol–water partition coefficient (Wildman–Crippen LogP) is 3.68. The van der Waals surface area contributed by atoms with Gasteiger partial charge in [-0.05, 0) is 23.8 Å². The number of pyridine rings is 1. The van der Waals surface area contributed by atoms with Gasteiger partial charge in [-0.3, -0.25) is 0 Å². The van der Waals surface area contributed by atoms with Crippen LogP contribution < -0.4 is 0 Å². The normalized spacial score (nSPS) is 10.3. The van der Waals surface area contributed by atoms with Crippen molar-refractivity contribution in [1.82, 2.24) is 4.98 Å². The monoisotopic (exact) mass is 225 g/mol. The van der Waals surface area contributed by atoms with Crippen LogP contribution in [0.2, 0.25) is 5.02 Å². The van der Waals surface area contributed by atoms with Crippen LogP contribution in [0.5, 0.6) is 0 Å². The number of hydrogen-bond donors (Lipinski definition) is 0. The zero-order valence-electron chi connectivity index (χ0n) is 7.55. The first-order valence-corrected chi connectivity index (χ1v) is 4.61. The Morgan fingerprint density at radius 3 is 2.53 bits per heavy atom. The summed E-state index contributed by atoms with van der Waals surface area (Å²) in [4.78, 5) is 3.30. The number of rotatable bonds is 1. The first kappa shape index (κ1) is 10.1. The van der Waals surface area contributed by atoms with Gasteiger partial charge >= 0.3 is 0 Å². The zero-order chi connectivity index (χ0) is 10.8. The third-order valence-corrected chi connectivity index (χ3v) is 2.19. The lowest BCUT2D eigenvalue weighted by Crippen LogP contribution is -1.90. The Labute approximate surface area is 90.3 Å². The largest absolute Gasteiger partial charge is 0.248 e. The van der Waals surface area contributed by atoms with E-state index in [1.54, 1.807) is 24.3 Å². The lowest BCUT2D eigenvalue weighted by molar-refractivity contribution is 0.480. The quantitative estimate of drug-likeness (QED) is 0.675. The van der Waals surface area contributed by atoms with Crippen LogP contribution in [0, 0.1) is 11.8 Å². The number of aromatic nitrogens is 1. The molecule has 0 aliphatic carbocycles. The number of benzene rings is 1. The summed E-state index contributed by atoms with van der Waals surface area (Å²) in [5.74, 6) is -2.06. The van der Waals surface area contributed by atoms with Crippen molar-refractivity contribution in [2.75, 3.05) is 0 Å². The van der Waals surface area contributed by atoms with Gasteiger partial charge in [0.1, 0.15) is 0 Å². The van der Waals surface area contributed by atoms with Crippen LogP contribution in [0.1, 0.15) is 0 Å². The third-order valence-electron chi connectivity index (χ3n) is 1.95. The van der Waals surface area contributed by atoms with E-state index in [2.05, 4.69) is 4.98 Å². The molecule has 0 saturated carbocycles. The molecule has 0 aliphatic heterocycles. The highest BCUT2D eigenvalue weighted by molar-refractivity contribution is 6.30. The average Bonchev–Trinajstić information content (AvgIpc) is 2.22. The van der Waals surface area contributed by atoms with Crippen molar-refractivity contribution in [3.63, 3.8) is 0 Å². The Morgan fingerprint density at radius 1 is 1.07 bits per heavy atom. The topological polar surface area (TPSA) is 12.9 Å². The Morgan fingerprint density at radius 2 is 1.87 bits per heavy atom. The Balaban J connectivity index is 2.50. The molecule has 1 heterocycles. The van der Waals surface area contributed by atoms with E-state index in [0.29, 0.717) is 16.1 Å². The SMILES string of the molecule is Fc1cc(-c2cccc(Cl)c2)cnc1F. The van der Waals surface area contributed by atoms with E-state index in [9.17, 15) is 8.78 Å². The molecule has 2 rings (SSSR count). The first-order chi connectivity index (χ1) is 7.16. The fourth-order valence-electron chi connectivity index (χ4n) is 1.25. The maximum Gasteiger partial charge on any atom is 0.248 e. The van der Waals surface area contributed by atoms with Gasteiger partial charge in [0.05, 0.1) is 0 Å². The van der Waals surface area contributed by atoms with Gasteiger partial charge in [0.15, 0.2) is 5.82 Å². The Kier molecular flexibility index (Phi) is 2.64. The molecule has 0 radical (unpaired) electrons. The Hall–Kier alpha value is -1.48. The van der Waals surface area contributed by atoms with Crippen molar-refractivity contribution >= 4 is 11.6 Å². The highest BCUT2D eigenvalue weighted by Crippen LogP contribution is 2.22. The van der Waals surface area contributed by atoms with Gasteiger partial charge in [0.2, 0.25) is 5.95 Å². The van der Waals surface area contributed by atoms with E-state index in [4.69, 9.17) is 11.6 Å². The van der Waals surface area contributed by atoms with E-state index in [-0.39, 0.29) is 0 Å². The molecule has 4 heteroatoms.